The Hall–Kier alpha value is -4.35. The number of rotatable bonds is 9. The minimum absolute atomic E-state index is 0. The van der Waals surface area contributed by atoms with Crippen LogP contribution in [0.4, 0.5) is 13.5 Å². The van der Waals surface area contributed by atoms with Crippen LogP contribution in [0, 0.1) is 0 Å². The maximum Gasteiger partial charge on any atom is 0.387 e. The van der Waals surface area contributed by atoms with Crippen LogP contribution in [-0.2, 0) is 9.63 Å². The van der Waals surface area contributed by atoms with E-state index in [1.54, 1.807) is 30.3 Å². The molecule has 1 heterocycles. The molecule has 0 saturated carbocycles. The molecular formula is C21H19F3N4O5. The first kappa shape index (κ1) is 24.9. The molecule has 0 atom stereocenters. The summed E-state index contributed by atoms with van der Waals surface area (Å²) in [7, 11) is 2.80. The van der Waals surface area contributed by atoms with Gasteiger partial charge in [-0.05, 0) is 24.3 Å². The normalized spacial score (nSPS) is 10.8. The van der Waals surface area contributed by atoms with Crippen LogP contribution in [-0.4, -0.2) is 42.4 Å². The summed E-state index contributed by atoms with van der Waals surface area (Å²) in [6, 6.07) is 13.8. The molecule has 0 unspecified atom stereocenters. The van der Waals surface area contributed by atoms with Gasteiger partial charge in [0.15, 0.2) is 17.2 Å². The Morgan fingerprint density at radius 1 is 1.00 bits per heavy atom. The molecule has 1 N–H and O–H groups in total. The third-order valence-corrected chi connectivity index (χ3v) is 3.85. The van der Waals surface area contributed by atoms with E-state index in [1.807, 2.05) is 0 Å². The summed E-state index contributed by atoms with van der Waals surface area (Å²) in [4.78, 5) is 24.7. The summed E-state index contributed by atoms with van der Waals surface area (Å²) in [5, 5.41) is 6.22. The Morgan fingerprint density at radius 3 is 2.36 bits per heavy atom. The van der Waals surface area contributed by atoms with Crippen molar-refractivity contribution >= 4 is 11.6 Å². The lowest BCUT2D eigenvalue weighted by atomic mass is 10.1. The molecule has 0 aliphatic rings. The van der Waals surface area contributed by atoms with E-state index in [1.165, 1.54) is 44.8 Å². The molecule has 33 heavy (non-hydrogen) atoms. The standard InChI is InChI=1S/C21H18F2N4O5.FH/c1-24-20(28)19(27-29-2)13-6-5-7-14(10-13)30-17-11-18(26-12-25-17)31-15-8-3-4-9-16(15)32-21(22)23;/h3-12,21H,1-2H3,(H,24,28);1H/b27-19-;. The predicted octanol–water partition coefficient (Wildman–Crippen LogP) is 3.91. The van der Waals surface area contributed by atoms with E-state index in [2.05, 4.69) is 25.2 Å². The SMILES string of the molecule is CNC(=O)/C(=N\OC)c1cccc(Oc2cc(Oc3ccccc3OC(F)F)ncn2)c1.F. The number of halogens is 3. The van der Waals surface area contributed by atoms with Gasteiger partial charge in [0.25, 0.3) is 5.91 Å². The van der Waals surface area contributed by atoms with Gasteiger partial charge in [-0.2, -0.15) is 8.78 Å². The maximum atomic E-state index is 12.6. The minimum atomic E-state index is -3.00. The van der Waals surface area contributed by atoms with Gasteiger partial charge in [0.1, 0.15) is 19.2 Å². The molecule has 0 bridgehead atoms. The highest BCUT2D eigenvalue weighted by Crippen LogP contribution is 2.32. The van der Waals surface area contributed by atoms with E-state index in [4.69, 9.17) is 14.3 Å². The molecule has 12 heteroatoms. The number of nitrogens with one attached hydrogen (secondary N) is 1. The van der Waals surface area contributed by atoms with Gasteiger partial charge in [0.2, 0.25) is 11.8 Å². The first-order valence-corrected chi connectivity index (χ1v) is 9.15. The van der Waals surface area contributed by atoms with E-state index in [0.717, 1.165) is 0 Å². The number of para-hydroxylation sites is 2. The van der Waals surface area contributed by atoms with Crippen molar-refractivity contribution in [2.24, 2.45) is 5.16 Å². The van der Waals surface area contributed by atoms with E-state index >= 15 is 0 Å². The van der Waals surface area contributed by atoms with Crippen molar-refractivity contribution in [3.63, 3.8) is 0 Å². The molecule has 0 aliphatic heterocycles. The van der Waals surface area contributed by atoms with E-state index in [-0.39, 0.29) is 33.7 Å². The average Bonchev–Trinajstić information content (AvgIpc) is 2.78. The number of likely N-dealkylation sites (N-methyl/N-ethyl adjacent to an activating group) is 1. The minimum Gasteiger partial charge on any atom is -0.439 e. The first-order valence-electron chi connectivity index (χ1n) is 9.15. The molecule has 0 radical (unpaired) electrons. The van der Waals surface area contributed by atoms with Crippen LogP contribution in [0.2, 0.25) is 0 Å². The zero-order valence-electron chi connectivity index (χ0n) is 17.4. The Balaban J connectivity index is 0.00000385. The molecule has 3 aromatic rings. The molecule has 2 aromatic carbocycles. The number of carbonyl (C=O) groups is 1. The van der Waals surface area contributed by atoms with Crippen molar-refractivity contribution in [3.05, 3.63) is 66.5 Å². The van der Waals surface area contributed by atoms with Gasteiger partial charge in [-0.15, -0.1) is 0 Å². The van der Waals surface area contributed by atoms with Crippen LogP contribution in [0.25, 0.3) is 0 Å². The number of aromatic nitrogens is 2. The van der Waals surface area contributed by atoms with Crippen molar-refractivity contribution in [2.45, 2.75) is 6.61 Å². The molecular weight excluding hydrogens is 445 g/mol. The monoisotopic (exact) mass is 464 g/mol. The smallest absolute Gasteiger partial charge is 0.387 e. The van der Waals surface area contributed by atoms with Gasteiger partial charge in [-0.1, -0.05) is 29.4 Å². The third-order valence-electron chi connectivity index (χ3n) is 3.85. The number of oxime groups is 1. The van der Waals surface area contributed by atoms with Crippen molar-refractivity contribution in [1.29, 1.82) is 0 Å². The maximum absolute atomic E-state index is 12.6. The molecule has 1 amide bonds. The zero-order valence-corrected chi connectivity index (χ0v) is 17.4. The molecule has 1 aromatic heterocycles. The Labute approximate surface area is 186 Å². The number of amides is 1. The van der Waals surface area contributed by atoms with Gasteiger partial charge in [-0.3, -0.25) is 9.50 Å². The largest absolute Gasteiger partial charge is 0.439 e. The number of alkyl halides is 2. The van der Waals surface area contributed by atoms with E-state index in [0.29, 0.717) is 11.3 Å². The Bertz CT molecular complexity index is 1110. The van der Waals surface area contributed by atoms with Gasteiger partial charge < -0.3 is 24.4 Å². The van der Waals surface area contributed by atoms with Crippen LogP contribution in [0.15, 0.2) is 66.1 Å². The highest BCUT2D eigenvalue weighted by atomic mass is 19.3. The summed E-state index contributed by atoms with van der Waals surface area (Å²) in [6.45, 7) is -3.00. The first-order chi connectivity index (χ1) is 15.5. The number of carbonyl (C=O) groups excluding carboxylic acids is 1. The van der Waals surface area contributed by atoms with Crippen LogP contribution in [0.3, 0.4) is 0 Å². The van der Waals surface area contributed by atoms with Gasteiger partial charge in [0, 0.05) is 12.6 Å². The number of nitrogens with zero attached hydrogens (tertiary/aromatic N) is 3. The summed E-state index contributed by atoms with van der Waals surface area (Å²) in [6.07, 6.45) is 1.19. The molecule has 3 rings (SSSR count). The summed E-state index contributed by atoms with van der Waals surface area (Å²) < 4.78 is 40.9. The third kappa shape index (κ3) is 6.82. The summed E-state index contributed by atoms with van der Waals surface area (Å²) >= 11 is 0. The highest BCUT2D eigenvalue weighted by Gasteiger charge is 2.15. The number of hydrogen-bond donors (Lipinski definition) is 1. The fourth-order valence-corrected chi connectivity index (χ4v) is 2.54. The second-order valence-electron chi connectivity index (χ2n) is 5.95. The molecule has 174 valence electrons. The van der Waals surface area contributed by atoms with Crippen molar-refractivity contribution in [1.82, 2.24) is 15.3 Å². The topological polar surface area (TPSA) is 104 Å². The zero-order chi connectivity index (χ0) is 22.9. The van der Waals surface area contributed by atoms with E-state index < -0.39 is 12.5 Å². The van der Waals surface area contributed by atoms with Crippen molar-refractivity contribution in [3.8, 4) is 29.0 Å². The molecule has 0 spiro atoms. The van der Waals surface area contributed by atoms with Crippen molar-refractivity contribution in [2.75, 3.05) is 14.2 Å². The molecule has 9 nitrogen and oxygen atoms in total. The number of ether oxygens (including phenoxy) is 3. The van der Waals surface area contributed by atoms with Crippen LogP contribution in [0.1, 0.15) is 5.56 Å². The Morgan fingerprint density at radius 2 is 1.70 bits per heavy atom. The average molecular weight is 464 g/mol. The van der Waals surface area contributed by atoms with Gasteiger partial charge in [0.05, 0.1) is 6.07 Å². The fourth-order valence-electron chi connectivity index (χ4n) is 2.54. The lowest BCUT2D eigenvalue weighted by Crippen LogP contribution is -2.28. The molecule has 0 aliphatic carbocycles. The van der Waals surface area contributed by atoms with Crippen LogP contribution in [0.5, 0.6) is 29.0 Å². The number of hydrogen-bond acceptors (Lipinski definition) is 8. The fraction of sp³-hybridized carbons (Fsp3) is 0.143. The van der Waals surface area contributed by atoms with Gasteiger partial charge in [-0.25, -0.2) is 9.97 Å². The summed E-state index contributed by atoms with van der Waals surface area (Å²) in [5.41, 5.74) is 0.509. The van der Waals surface area contributed by atoms with Gasteiger partial charge >= 0.3 is 6.61 Å². The van der Waals surface area contributed by atoms with Crippen LogP contribution < -0.4 is 19.5 Å². The molecule has 0 fully saturated rings. The Kier molecular flexibility index (Phi) is 8.97. The van der Waals surface area contributed by atoms with Crippen molar-refractivity contribution < 1.29 is 37.3 Å². The summed E-state index contributed by atoms with van der Waals surface area (Å²) in [5.74, 6) is -0.0263. The lowest BCUT2D eigenvalue weighted by Gasteiger charge is -2.12. The van der Waals surface area contributed by atoms with E-state index in [9.17, 15) is 13.6 Å². The second-order valence-corrected chi connectivity index (χ2v) is 5.95. The highest BCUT2D eigenvalue weighted by molar-refractivity contribution is 6.45. The predicted molar refractivity (Wildman–Crippen MR) is 112 cm³/mol. The van der Waals surface area contributed by atoms with Crippen LogP contribution >= 0.6 is 0 Å². The second kappa shape index (κ2) is 11.9. The lowest BCUT2D eigenvalue weighted by molar-refractivity contribution is -0.114. The quantitative estimate of drug-likeness (QED) is 0.378. The number of benzene rings is 2. The molecule has 0 saturated heterocycles.